The lowest BCUT2D eigenvalue weighted by atomic mass is 9.95. The summed E-state index contributed by atoms with van der Waals surface area (Å²) < 4.78 is 89.1. The summed E-state index contributed by atoms with van der Waals surface area (Å²) in [4.78, 5) is 5.10. The fraction of sp³-hybridized carbons (Fsp3) is 0.0400. The molecule has 0 aliphatic heterocycles. The molecule has 0 atom stereocenters. The van der Waals surface area contributed by atoms with Crippen molar-refractivity contribution in [2.45, 2.75) is 12.4 Å². The van der Waals surface area contributed by atoms with Gasteiger partial charge in [-0.25, -0.2) is 4.98 Å². The summed E-state index contributed by atoms with van der Waals surface area (Å²) in [5.41, 5.74) is 5.77. The van der Waals surface area contributed by atoms with Crippen LogP contribution in [0.3, 0.4) is 0 Å². The molecule has 0 aliphatic carbocycles. The summed E-state index contributed by atoms with van der Waals surface area (Å²) in [7, 11) is 0. The van der Waals surface area contributed by atoms with Crippen LogP contribution in [0, 0.1) is 11.3 Å². The van der Waals surface area contributed by atoms with Gasteiger partial charge in [0.05, 0.1) is 67.6 Å². The van der Waals surface area contributed by atoms with Crippen molar-refractivity contribution in [3.63, 3.8) is 0 Å². The van der Waals surface area contributed by atoms with Crippen LogP contribution in [0.1, 0.15) is 16.7 Å². The fourth-order valence-corrected chi connectivity index (χ4v) is 8.33. The number of halogens is 6. The molecule has 7 aromatic carbocycles. The number of hydrogen-bond acceptors (Lipinski definition) is 2. The molecular weight excluding hydrogens is 771 g/mol. The molecule has 0 unspecified atom stereocenters. The van der Waals surface area contributed by atoms with Gasteiger partial charge in [0.25, 0.3) is 0 Å². The Labute approximate surface area is 338 Å². The van der Waals surface area contributed by atoms with Crippen LogP contribution in [0.2, 0.25) is 0 Å². The largest absolute Gasteiger partial charge is 0.416 e. The number of fused-ring (bicyclic) bond motifs is 6. The van der Waals surface area contributed by atoms with Crippen molar-refractivity contribution >= 4 is 43.6 Å². The molecule has 0 saturated carbocycles. The van der Waals surface area contributed by atoms with E-state index in [4.69, 9.17) is 4.98 Å². The number of alkyl halides is 6. The first-order valence-corrected chi connectivity index (χ1v) is 18.9. The summed E-state index contributed by atoms with van der Waals surface area (Å²) >= 11 is 0. The Morgan fingerprint density at radius 1 is 0.417 bits per heavy atom. The average Bonchev–Trinajstić information content (AvgIpc) is 3.78. The second kappa shape index (κ2) is 13.7. The molecule has 60 heavy (non-hydrogen) atoms. The van der Waals surface area contributed by atoms with E-state index >= 15 is 0 Å². The van der Waals surface area contributed by atoms with E-state index < -0.39 is 23.5 Å². The summed E-state index contributed by atoms with van der Waals surface area (Å²) in [5, 5.41) is 12.5. The molecule has 3 heterocycles. The molecular formula is C50H28F6N4. The minimum absolute atomic E-state index is 0.222. The molecule has 0 bridgehead atoms. The molecule has 10 rings (SSSR count). The van der Waals surface area contributed by atoms with Gasteiger partial charge in [-0.3, -0.25) is 0 Å². The zero-order valence-electron chi connectivity index (χ0n) is 31.2. The molecule has 0 fully saturated rings. The molecule has 3 aromatic heterocycles. The third kappa shape index (κ3) is 6.05. The number of nitriles is 1. The molecule has 0 amide bonds. The van der Waals surface area contributed by atoms with Crippen LogP contribution < -0.4 is 0 Å². The van der Waals surface area contributed by atoms with Crippen molar-refractivity contribution in [1.82, 2.24) is 14.1 Å². The average molecular weight is 799 g/mol. The number of pyridine rings is 1. The van der Waals surface area contributed by atoms with Gasteiger partial charge in [-0.1, -0.05) is 97.1 Å². The Hall–Kier alpha value is -7.64. The van der Waals surface area contributed by atoms with Crippen LogP contribution in [0.5, 0.6) is 0 Å². The molecule has 0 saturated heterocycles. The molecule has 10 heteroatoms. The van der Waals surface area contributed by atoms with Crippen LogP contribution in [0.4, 0.5) is 26.3 Å². The predicted molar refractivity (Wildman–Crippen MR) is 224 cm³/mol. The summed E-state index contributed by atoms with van der Waals surface area (Å²) in [5.74, 6) is 0. The lowest BCUT2D eigenvalue weighted by Crippen LogP contribution is -2.07. The van der Waals surface area contributed by atoms with Crippen molar-refractivity contribution in [1.29, 1.82) is 5.26 Å². The first-order valence-electron chi connectivity index (χ1n) is 18.9. The molecule has 0 radical (unpaired) electrons. The highest BCUT2D eigenvalue weighted by Crippen LogP contribution is 2.45. The third-order valence-electron chi connectivity index (χ3n) is 11.0. The molecule has 10 aromatic rings. The van der Waals surface area contributed by atoms with Gasteiger partial charge in [0.2, 0.25) is 0 Å². The monoisotopic (exact) mass is 798 g/mol. The highest BCUT2D eigenvalue weighted by atomic mass is 19.4. The normalized spacial score (nSPS) is 12.2. The van der Waals surface area contributed by atoms with E-state index in [9.17, 15) is 31.6 Å². The van der Waals surface area contributed by atoms with E-state index in [0.717, 1.165) is 35.4 Å². The van der Waals surface area contributed by atoms with Gasteiger partial charge in [-0.15, -0.1) is 0 Å². The first kappa shape index (κ1) is 36.7. The molecule has 290 valence electrons. The molecule has 0 spiro atoms. The van der Waals surface area contributed by atoms with E-state index in [1.807, 2.05) is 94.1 Å². The van der Waals surface area contributed by atoms with Crippen molar-refractivity contribution < 1.29 is 26.3 Å². The van der Waals surface area contributed by atoms with Crippen LogP contribution in [-0.2, 0) is 12.4 Å². The lowest BCUT2D eigenvalue weighted by Gasteiger charge is -2.22. The van der Waals surface area contributed by atoms with Crippen molar-refractivity contribution in [2.75, 3.05) is 0 Å². The number of aromatic nitrogens is 3. The van der Waals surface area contributed by atoms with Gasteiger partial charge in [0, 0.05) is 38.2 Å². The van der Waals surface area contributed by atoms with Gasteiger partial charge in [-0.05, 0) is 78.4 Å². The highest BCUT2D eigenvalue weighted by molar-refractivity contribution is 6.12. The van der Waals surface area contributed by atoms with Crippen LogP contribution in [0.25, 0.3) is 88.6 Å². The minimum atomic E-state index is -4.60. The fourth-order valence-electron chi connectivity index (χ4n) is 8.33. The van der Waals surface area contributed by atoms with E-state index in [-0.39, 0.29) is 5.56 Å². The maximum Gasteiger partial charge on any atom is 0.416 e. The zero-order chi connectivity index (χ0) is 41.3. The maximum atomic E-state index is 14.2. The van der Waals surface area contributed by atoms with E-state index in [1.165, 1.54) is 12.1 Å². The maximum absolute atomic E-state index is 14.2. The Morgan fingerprint density at radius 3 is 1.23 bits per heavy atom. The van der Waals surface area contributed by atoms with Gasteiger partial charge < -0.3 is 9.13 Å². The van der Waals surface area contributed by atoms with E-state index in [0.29, 0.717) is 77.5 Å². The quantitative estimate of drug-likeness (QED) is 0.163. The Kier molecular flexibility index (Phi) is 8.40. The number of benzene rings is 7. The number of rotatable bonds is 5. The second-order valence-corrected chi connectivity index (χ2v) is 14.5. The topological polar surface area (TPSA) is 46.5 Å². The highest BCUT2D eigenvalue weighted by Gasteiger charge is 2.33. The molecule has 0 aliphatic rings. The lowest BCUT2D eigenvalue weighted by molar-refractivity contribution is -0.138. The SMILES string of the molecule is N#Cc1cc(-n2c3ccccc3c3cc(C(F)(F)F)ccc32)c(-c2cc(-c3ccccc3)nc(-c3ccccc3)c2)c(-n2c3ccccc3c3cc(C(F)(F)F)ccc32)c1. The molecule has 4 nitrogen and oxygen atoms in total. The standard InChI is InChI=1S/C50H28F6N4/c51-49(52,53)34-19-21-44-38(27-34)36-15-7-9-17-42(36)59(44)46-23-30(29-57)24-47(60-43-18-10-8-16-37(43)39-28-35(50(54,55)56)20-22-45(39)60)48(46)33-25-40(31-11-3-1-4-12-31)58-41(26-33)32-13-5-2-6-14-32/h1-28H. The van der Waals surface area contributed by atoms with Crippen molar-refractivity contribution in [3.05, 3.63) is 187 Å². The van der Waals surface area contributed by atoms with E-state index in [2.05, 4.69) is 6.07 Å². The van der Waals surface area contributed by atoms with Gasteiger partial charge >= 0.3 is 12.4 Å². The minimum Gasteiger partial charge on any atom is -0.308 e. The summed E-state index contributed by atoms with van der Waals surface area (Å²) in [6.45, 7) is 0. The Morgan fingerprint density at radius 2 is 0.817 bits per heavy atom. The van der Waals surface area contributed by atoms with Gasteiger partial charge in [-0.2, -0.15) is 31.6 Å². The predicted octanol–water partition coefficient (Wildman–Crippen LogP) is 14.2. The van der Waals surface area contributed by atoms with Crippen LogP contribution in [0.15, 0.2) is 170 Å². The Bertz CT molecular complexity index is 3140. The Balaban J connectivity index is 1.40. The smallest absolute Gasteiger partial charge is 0.308 e. The number of nitrogens with zero attached hydrogens (tertiary/aromatic N) is 4. The number of para-hydroxylation sites is 2. The first-order chi connectivity index (χ1) is 29.0. The summed E-state index contributed by atoms with van der Waals surface area (Å²) in [6.07, 6.45) is -9.20. The van der Waals surface area contributed by atoms with Crippen LogP contribution >= 0.6 is 0 Å². The van der Waals surface area contributed by atoms with Crippen LogP contribution in [-0.4, -0.2) is 14.1 Å². The van der Waals surface area contributed by atoms with Gasteiger partial charge in [0.1, 0.15) is 0 Å². The second-order valence-electron chi connectivity index (χ2n) is 14.5. The van der Waals surface area contributed by atoms with Crippen molar-refractivity contribution in [3.8, 4) is 51.1 Å². The summed E-state index contributed by atoms with van der Waals surface area (Å²) in [6, 6.07) is 50.4. The van der Waals surface area contributed by atoms with E-state index in [1.54, 1.807) is 48.5 Å². The van der Waals surface area contributed by atoms with Crippen molar-refractivity contribution in [2.24, 2.45) is 0 Å². The van der Waals surface area contributed by atoms with Gasteiger partial charge in [0.15, 0.2) is 0 Å². The zero-order valence-corrected chi connectivity index (χ0v) is 31.2. The number of hydrogen-bond donors (Lipinski definition) is 0. The third-order valence-corrected chi connectivity index (χ3v) is 11.0. The molecule has 0 N–H and O–H groups in total.